The van der Waals surface area contributed by atoms with E-state index in [-0.39, 0.29) is 12.4 Å². The first-order valence-electron chi connectivity index (χ1n) is 4.10. The predicted molar refractivity (Wildman–Crippen MR) is 48.0 cm³/mol. The Morgan fingerprint density at radius 3 is 2.57 bits per heavy atom. The number of hydrogen-bond donors (Lipinski definition) is 3. The molecular formula is C9H11FN2O2. The van der Waals surface area contributed by atoms with E-state index in [4.69, 9.17) is 5.21 Å². The number of carbonyl (C=O) groups excluding carboxylic acids is 1. The Morgan fingerprint density at radius 1 is 1.36 bits per heavy atom. The van der Waals surface area contributed by atoms with Crippen molar-refractivity contribution in [3.8, 4) is 0 Å². The number of benzene rings is 1. The Labute approximate surface area is 80.7 Å². The third kappa shape index (κ3) is 3.51. The lowest BCUT2D eigenvalue weighted by atomic mass is 10.2. The van der Waals surface area contributed by atoms with Crippen molar-refractivity contribution in [2.24, 2.45) is 0 Å². The molecule has 0 aliphatic heterocycles. The maximum absolute atomic E-state index is 12.5. The predicted octanol–water partition coefficient (Wildman–Crippen LogP) is 0.421. The van der Waals surface area contributed by atoms with Gasteiger partial charge in [0.2, 0.25) is 0 Å². The van der Waals surface area contributed by atoms with E-state index in [2.05, 4.69) is 5.32 Å². The zero-order valence-electron chi connectivity index (χ0n) is 7.46. The van der Waals surface area contributed by atoms with Crippen LogP contribution in [0.15, 0.2) is 24.3 Å². The summed E-state index contributed by atoms with van der Waals surface area (Å²) < 4.78 is 12.5. The molecule has 0 aromatic heterocycles. The molecule has 3 N–H and O–H groups in total. The van der Waals surface area contributed by atoms with Crippen LogP contribution in [0.4, 0.5) is 4.39 Å². The fourth-order valence-corrected chi connectivity index (χ4v) is 0.962. The molecule has 14 heavy (non-hydrogen) atoms. The lowest BCUT2D eigenvalue weighted by Gasteiger charge is -2.02. The van der Waals surface area contributed by atoms with Gasteiger partial charge in [-0.1, -0.05) is 12.1 Å². The van der Waals surface area contributed by atoms with E-state index in [1.165, 1.54) is 17.6 Å². The van der Waals surface area contributed by atoms with Crippen LogP contribution in [-0.4, -0.2) is 17.7 Å². The van der Waals surface area contributed by atoms with Gasteiger partial charge in [-0.2, -0.15) is 0 Å². The first-order chi connectivity index (χ1) is 6.72. The third-order valence-corrected chi connectivity index (χ3v) is 1.65. The van der Waals surface area contributed by atoms with E-state index in [0.717, 1.165) is 5.56 Å². The summed E-state index contributed by atoms with van der Waals surface area (Å²) in [5, 5.41) is 11.0. The van der Waals surface area contributed by atoms with Crippen molar-refractivity contribution in [1.82, 2.24) is 10.8 Å². The van der Waals surface area contributed by atoms with Crippen LogP contribution < -0.4 is 10.8 Å². The molecule has 0 bridgehead atoms. The molecule has 0 saturated heterocycles. The number of amides is 1. The summed E-state index contributed by atoms with van der Waals surface area (Å²) in [7, 11) is 0. The SMILES string of the molecule is O=C(CNCc1ccc(F)cc1)NO. The Kier molecular flexibility index (Phi) is 4.03. The summed E-state index contributed by atoms with van der Waals surface area (Å²) in [6.45, 7) is 0.474. The van der Waals surface area contributed by atoms with E-state index in [0.29, 0.717) is 6.54 Å². The monoisotopic (exact) mass is 198 g/mol. The second-order valence-corrected chi connectivity index (χ2v) is 2.76. The van der Waals surface area contributed by atoms with Gasteiger partial charge >= 0.3 is 0 Å². The average Bonchev–Trinajstić information content (AvgIpc) is 2.21. The van der Waals surface area contributed by atoms with Crippen molar-refractivity contribution in [3.63, 3.8) is 0 Å². The average molecular weight is 198 g/mol. The van der Waals surface area contributed by atoms with Crippen molar-refractivity contribution in [2.45, 2.75) is 6.54 Å². The van der Waals surface area contributed by atoms with Gasteiger partial charge in [-0.15, -0.1) is 0 Å². The number of rotatable bonds is 4. The first kappa shape index (κ1) is 10.6. The van der Waals surface area contributed by atoms with Crippen LogP contribution in [-0.2, 0) is 11.3 Å². The highest BCUT2D eigenvalue weighted by Crippen LogP contribution is 2.01. The van der Waals surface area contributed by atoms with Crippen LogP contribution in [0.2, 0.25) is 0 Å². The molecule has 0 radical (unpaired) electrons. The largest absolute Gasteiger partial charge is 0.304 e. The fourth-order valence-electron chi connectivity index (χ4n) is 0.962. The minimum Gasteiger partial charge on any atom is -0.304 e. The van der Waals surface area contributed by atoms with Crippen LogP contribution in [0, 0.1) is 5.82 Å². The van der Waals surface area contributed by atoms with Gasteiger partial charge in [0, 0.05) is 6.54 Å². The van der Waals surface area contributed by atoms with E-state index in [1.54, 1.807) is 12.1 Å². The molecule has 0 aliphatic carbocycles. The van der Waals surface area contributed by atoms with Crippen molar-refractivity contribution < 1.29 is 14.4 Å². The molecule has 0 atom stereocenters. The van der Waals surface area contributed by atoms with Crippen LogP contribution >= 0.6 is 0 Å². The molecule has 5 heteroatoms. The van der Waals surface area contributed by atoms with Gasteiger partial charge in [0.15, 0.2) is 0 Å². The quantitative estimate of drug-likeness (QED) is 0.485. The molecule has 0 saturated carbocycles. The van der Waals surface area contributed by atoms with Gasteiger partial charge in [0.05, 0.1) is 6.54 Å². The number of carbonyl (C=O) groups is 1. The smallest absolute Gasteiger partial charge is 0.257 e. The topological polar surface area (TPSA) is 61.4 Å². The maximum atomic E-state index is 12.5. The van der Waals surface area contributed by atoms with E-state index < -0.39 is 5.91 Å². The highest BCUT2D eigenvalue weighted by molar-refractivity contribution is 5.76. The Balaban J connectivity index is 2.31. The zero-order valence-corrected chi connectivity index (χ0v) is 7.46. The number of hydrogen-bond acceptors (Lipinski definition) is 3. The zero-order chi connectivity index (χ0) is 10.4. The summed E-state index contributed by atoms with van der Waals surface area (Å²) in [5.74, 6) is -0.797. The Bertz CT molecular complexity index is 300. The molecule has 1 amide bonds. The number of halogens is 1. The molecule has 0 aliphatic rings. The summed E-state index contributed by atoms with van der Waals surface area (Å²) in [6, 6.07) is 5.95. The van der Waals surface area contributed by atoms with Crippen LogP contribution in [0.3, 0.4) is 0 Å². The number of hydroxylamine groups is 1. The molecule has 1 rings (SSSR count). The van der Waals surface area contributed by atoms with Gasteiger partial charge in [0.25, 0.3) is 5.91 Å². The van der Waals surface area contributed by atoms with Crippen molar-refractivity contribution in [3.05, 3.63) is 35.6 Å². The third-order valence-electron chi connectivity index (χ3n) is 1.65. The summed E-state index contributed by atoms with van der Waals surface area (Å²) in [4.78, 5) is 10.6. The van der Waals surface area contributed by atoms with E-state index >= 15 is 0 Å². The normalized spacial score (nSPS) is 9.86. The Hall–Kier alpha value is -1.46. The molecular weight excluding hydrogens is 187 g/mol. The summed E-state index contributed by atoms with van der Waals surface area (Å²) >= 11 is 0. The van der Waals surface area contributed by atoms with Gasteiger partial charge in [-0.3, -0.25) is 10.0 Å². The summed E-state index contributed by atoms with van der Waals surface area (Å²) in [5.41, 5.74) is 2.37. The van der Waals surface area contributed by atoms with Crippen molar-refractivity contribution in [2.75, 3.05) is 6.54 Å². The highest BCUT2D eigenvalue weighted by Gasteiger charge is 1.98. The first-order valence-corrected chi connectivity index (χ1v) is 4.10. The van der Waals surface area contributed by atoms with Gasteiger partial charge < -0.3 is 5.32 Å². The van der Waals surface area contributed by atoms with E-state index in [9.17, 15) is 9.18 Å². The fraction of sp³-hybridized carbons (Fsp3) is 0.222. The Morgan fingerprint density at radius 2 is 2.00 bits per heavy atom. The minimum absolute atomic E-state index is 0.0217. The molecule has 76 valence electrons. The molecule has 1 aromatic rings. The van der Waals surface area contributed by atoms with Gasteiger partial charge in [-0.05, 0) is 17.7 Å². The second kappa shape index (κ2) is 5.31. The van der Waals surface area contributed by atoms with Gasteiger partial charge in [0.1, 0.15) is 5.82 Å². The van der Waals surface area contributed by atoms with Gasteiger partial charge in [-0.25, -0.2) is 9.87 Å². The van der Waals surface area contributed by atoms with Crippen molar-refractivity contribution >= 4 is 5.91 Å². The van der Waals surface area contributed by atoms with E-state index in [1.807, 2.05) is 0 Å². The van der Waals surface area contributed by atoms with Crippen LogP contribution in [0.1, 0.15) is 5.56 Å². The molecule has 1 aromatic carbocycles. The maximum Gasteiger partial charge on any atom is 0.257 e. The standard InChI is InChI=1S/C9H11FN2O2/c10-8-3-1-7(2-4-8)5-11-6-9(13)12-14/h1-4,11,14H,5-6H2,(H,12,13). The number of nitrogens with one attached hydrogen (secondary N) is 2. The lowest BCUT2D eigenvalue weighted by molar-refractivity contribution is -0.128. The highest BCUT2D eigenvalue weighted by atomic mass is 19.1. The molecule has 0 heterocycles. The second-order valence-electron chi connectivity index (χ2n) is 2.76. The lowest BCUT2D eigenvalue weighted by Crippen LogP contribution is -2.31. The minimum atomic E-state index is -0.507. The molecule has 0 fully saturated rings. The summed E-state index contributed by atoms with van der Waals surface area (Å²) in [6.07, 6.45) is 0. The molecule has 0 spiro atoms. The van der Waals surface area contributed by atoms with Crippen molar-refractivity contribution in [1.29, 1.82) is 0 Å². The molecule has 0 unspecified atom stereocenters. The van der Waals surface area contributed by atoms with Crippen LogP contribution in [0.25, 0.3) is 0 Å². The molecule has 4 nitrogen and oxygen atoms in total. The van der Waals surface area contributed by atoms with Crippen LogP contribution in [0.5, 0.6) is 0 Å².